The number of hydrogen-bond donors (Lipinski definition) is 1. The van der Waals surface area contributed by atoms with Gasteiger partial charge in [-0.2, -0.15) is 0 Å². The van der Waals surface area contributed by atoms with Crippen LogP contribution in [0.5, 0.6) is 0 Å². The molecule has 0 aromatic heterocycles. The lowest BCUT2D eigenvalue weighted by Crippen LogP contribution is -2.47. The van der Waals surface area contributed by atoms with Crippen molar-refractivity contribution in [3.8, 4) is 0 Å². The zero-order valence-electron chi connectivity index (χ0n) is 11.5. The van der Waals surface area contributed by atoms with Crippen molar-refractivity contribution < 1.29 is 9.84 Å². The maximum Gasteiger partial charge on any atom is 0.173 e. The zero-order chi connectivity index (χ0) is 14.0. The van der Waals surface area contributed by atoms with Gasteiger partial charge in [-0.05, 0) is 24.3 Å². The molecule has 1 heterocycles. The van der Waals surface area contributed by atoms with Crippen molar-refractivity contribution in [3.63, 3.8) is 0 Å². The van der Waals surface area contributed by atoms with Crippen LogP contribution in [0.4, 0.5) is 5.69 Å². The van der Waals surface area contributed by atoms with Gasteiger partial charge in [0, 0.05) is 15.5 Å². The molecule has 0 aliphatic carbocycles. The van der Waals surface area contributed by atoms with Gasteiger partial charge in [0.1, 0.15) is 5.44 Å². The number of ether oxygens (including phenoxy) is 1. The lowest BCUT2D eigenvalue weighted by atomic mass is 10.2. The number of benzene rings is 1. The Morgan fingerprint density at radius 1 is 1.26 bits per heavy atom. The smallest absolute Gasteiger partial charge is 0.173 e. The average molecular weight is 302 g/mol. The molecular formula is C14H20ClNO2S. The lowest BCUT2D eigenvalue weighted by Gasteiger charge is -2.39. The molecule has 5 heteroatoms. The Morgan fingerprint density at radius 2 is 1.89 bits per heavy atom. The van der Waals surface area contributed by atoms with Crippen molar-refractivity contribution in [3.05, 3.63) is 29.3 Å². The molecule has 0 bridgehead atoms. The molecular weight excluding hydrogens is 282 g/mol. The second-order valence-electron chi connectivity index (χ2n) is 5.63. The van der Waals surface area contributed by atoms with Gasteiger partial charge in [-0.1, -0.05) is 32.4 Å². The number of rotatable bonds is 2. The topological polar surface area (TPSA) is 32.7 Å². The number of hydrogen-bond acceptors (Lipinski definition) is 4. The van der Waals surface area contributed by atoms with Crippen molar-refractivity contribution in [2.45, 2.75) is 37.2 Å². The van der Waals surface area contributed by atoms with Crippen LogP contribution in [0.3, 0.4) is 0 Å². The molecule has 1 aliphatic rings. The third-order valence-electron chi connectivity index (χ3n) is 2.73. The van der Waals surface area contributed by atoms with Crippen molar-refractivity contribution >= 4 is 29.1 Å². The SMILES string of the molecule is CC(C)(C)S[C@H]1CN(c2ccc(Cl)cc2)C[C@@H](O)O1. The summed E-state index contributed by atoms with van der Waals surface area (Å²) in [6, 6.07) is 7.67. The van der Waals surface area contributed by atoms with Gasteiger partial charge in [-0.3, -0.25) is 0 Å². The van der Waals surface area contributed by atoms with Crippen molar-refractivity contribution in [2.75, 3.05) is 18.0 Å². The molecule has 1 aromatic rings. The standard InChI is InChI=1S/C14H20ClNO2S/c1-14(2,3)19-13-9-16(8-12(17)18-13)11-6-4-10(15)5-7-11/h4-7,12-13,17H,8-9H2,1-3H3/t12-,13-/m0/s1. The highest BCUT2D eigenvalue weighted by Crippen LogP contribution is 2.33. The van der Waals surface area contributed by atoms with E-state index in [1.165, 1.54) is 0 Å². The van der Waals surface area contributed by atoms with Crippen LogP contribution in [-0.4, -0.2) is 34.7 Å². The minimum atomic E-state index is -0.746. The summed E-state index contributed by atoms with van der Waals surface area (Å²) in [4.78, 5) is 2.13. The fraction of sp³-hybridized carbons (Fsp3) is 0.571. The van der Waals surface area contributed by atoms with E-state index in [2.05, 4.69) is 25.7 Å². The van der Waals surface area contributed by atoms with E-state index in [-0.39, 0.29) is 10.2 Å². The highest BCUT2D eigenvalue weighted by Gasteiger charge is 2.30. The molecule has 1 aliphatic heterocycles. The number of β-amino-alcohol motifs (C(OH)–C–C–N with tert-alkyl or cyclic N) is 1. The molecule has 0 unspecified atom stereocenters. The number of nitrogens with zero attached hydrogens (tertiary/aromatic N) is 1. The fourth-order valence-corrected chi connectivity index (χ4v) is 3.38. The maximum absolute atomic E-state index is 9.86. The van der Waals surface area contributed by atoms with Crippen LogP contribution in [0.25, 0.3) is 0 Å². The molecule has 1 saturated heterocycles. The van der Waals surface area contributed by atoms with Gasteiger partial charge in [0.2, 0.25) is 0 Å². The first-order valence-electron chi connectivity index (χ1n) is 6.35. The Labute approximate surface area is 123 Å². The Hall–Kier alpha value is -0.420. The molecule has 2 atom stereocenters. The first kappa shape index (κ1) is 15.0. The van der Waals surface area contributed by atoms with E-state index < -0.39 is 6.29 Å². The third kappa shape index (κ3) is 4.56. The predicted octanol–water partition coefficient (Wildman–Crippen LogP) is 3.35. The second kappa shape index (κ2) is 5.92. The maximum atomic E-state index is 9.86. The predicted molar refractivity (Wildman–Crippen MR) is 81.9 cm³/mol. The number of anilines is 1. The van der Waals surface area contributed by atoms with Crippen LogP contribution < -0.4 is 4.90 Å². The minimum absolute atomic E-state index is 0.0283. The van der Waals surface area contributed by atoms with Gasteiger partial charge in [0.05, 0.1) is 13.1 Å². The number of aliphatic hydroxyl groups excluding tert-OH is 1. The van der Waals surface area contributed by atoms with E-state index in [1.54, 1.807) is 11.8 Å². The second-order valence-corrected chi connectivity index (χ2v) is 8.05. The van der Waals surface area contributed by atoms with Crippen LogP contribution in [-0.2, 0) is 4.74 Å². The monoisotopic (exact) mass is 301 g/mol. The number of thioether (sulfide) groups is 1. The minimum Gasteiger partial charge on any atom is -0.366 e. The van der Waals surface area contributed by atoms with Crippen LogP contribution in [0.15, 0.2) is 24.3 Å². The molecule has 3 nitrogen and oxygen atoms in total. The Morgan fingerprint density at radius 3 is 2.47 bits per heavy atom. The highest BCUT2D eigenvalue weighted by atomic mass is 35.5. The summed E-state index contributed by atoms with van der Waals surface area (Å²) in [6.07, 6.45) is -0.746. The summed E-state index contributed by atoms with van der Waals surface area (Å²) in [6.45, 7) is 7.70. The molecule has 0 saturated carbocycles. The largest absolute Gasteiger partial charge is 0.366 e. The van der Waals surface area contributed by atoms with Gasteiger partial charge in [-0.25, -0.2) is 0 Å². The van der Waals surface area contributed by atoms with Gasteiger partial charge in [-0.15, -0.1) is 11.8 Å². The van der Waals surface area contributed by atoms with Crippen LogP contribution in [0.2, 0.25) is 5.02 Å². The first-order valence-corrected chi connectivity index (χ1v) is 7.61. The Bertz CT molecular complexity index is 418. The first-order chi connectivity index (χ1) is 8.83. The molecule has 106 valence electrons. The fourth-order valence-electron chi connectivity index (χ4n) is 2.03. The molecule has 1 N–H and O–H groups in total. The summed E-state index contributed by atoms with van der Waals surface area (Å²) >= 11 is 7.63. The molecule has 0 amide bonds. The van der Waals surface area contributed by atoms with E-state index in [9.17, 15) is 5.11 Å². The van der Waals surface area contributed by atoms with E-state index in [4.69, 9.17) is 16.3 Å². The molecule has 0 spiro atoms. The summed E-state index contributed by atoms with van der Waals surface area (Å²) < 4.78 is 5.69. The van der Waals surface area contributed by atoms with Crippen LogP contribution in [0.1, 0.15) is 20.8 Å². The van der Waals surface area contributed by atoms with Crippen LogP contribution >= 0.6 is 23.4 Å². The molecule has 0 radical (unpaired) electrons. The molecule has 1 aromatic carbocycles. The van der Waals surface area contributed by atoms with E-state index >= 15 is 0 Å². The van der Waals surface area contributed by atoms with E-state index in [0.717, 1.165) is 17.3 Å². The van der Waals surface area contributed by atoms with Crippen molar-refractivity contribution in [1.29, 1.82) is 0 Å². The quantitative estimate of drug-likeness (QED) is 0.908. The van der Waals surface area contributed by atoms with E-state index in [1.807, 2.05) is 24.3 Å². The van der Waals surface area contributed by atoms with E-state index in [0.29, 0.717) is 6.54 Å². The number of halogens is 1. The Kier molecular flexibility index (Phi) is 4.66. The number of morpholine rings is 1. The van der Waals surface area contributed by atoms with Crippen LogP contribution in [0, 0.1) is 0 Å². The summed E-state index contributed by atoms with van der Waals surface area (Å²) in [5.74, 6) is 0. The third-order valence-corrected chi connectivity index (χ3v) is 4.21. The van der Waals surface area contributed by atoms with Gasteiger partial charge in [0.25, 0.3) is 0 Å². The average Bonchev–Trinajstić information content (AvgIpc) is 2.26. The van der Waals surface area contributed by atoms with Gasteiger partial charge >= 0.3 is 0 Å². The summed E-state index contributed by atoms with van der Waals surface area (Å²) in [7, 11) is 0. The van der Waals surface area contributed by atoms with Crippen molar-refractivity contribution in [2.24, 2.45) is 0 Å². The molecule has 19 heavy (non-hydrogen) atoms. The normalized spacial score (nSPS) is 24.6. The molecule has 2 rings (SSSR count). The Balaban J connectivity index is 2.07. The lowest BCUT2D eigenvalue weighted by molar-refractivity contribution is -0.116. The van der Waals surface area contributed by atoms with Crippen molar-refractivity contribution in [1.82, 2.24) is 0 Å². The zero-order valence-corrected chi connectivity index (χ0v) is 13.0. The summed E-state index contributed by atoms with van der Waals surface area (Å²) in [5, 5.41) is 10.6. The summed E-state index contributed by atoms with van der Waals surface area (Å²) in [5.41, 5.74) is 1.03. The highest BCUT2D eigenvalue weighted by molar-refractivity contribution is 8.01. The molecule has 1 fully saturated rings. The number of aliphatic hydroxyl groups is 1. The van der Waals surface area contributed by atoms with Gasteiger partial charge < -0.3 is 14.7 Å². The van der Waals surface area contributed by atoms with Gasteiger partial charge in [0.15, 0.2) is 6.29 Å².